The molecule has 182 valence electrons. The van der Waals surface area contributed by atoms with Crippen molar-refractivity contribution in [1.29, 1.82) is 0 Å². The van der Waals surface area contributed by atoms with Crippen LogP contribution >= 0.6 is 10.5 Å². The molecule has 1 aromatic heterocycles. The summed E-state index contributed by atoms with van der Waals surface area (Å²) >= 11 is 0. The van der Waals surface area contributed by atoms with Crippen LogP contribution < -0.4 is 4.74 Å². The summed E-state index contributed by atoms with van der Waals surface area (Å²) in [6, 6.07) is 20.5. The quantitative estimate of drug-likeness (QED) is 0.0908. The SMILES string of the molecule is C#CC(C)(OC(=O)COc1c(C)cc(-[s+]2c(C)cc3ccccc32)cc1C)c1ccc([N+](=O)[O-])cc1. The Hall–Kier alpha value is -4.15. The van der Waals surface area contributed by atoms with E-state index in [0.29, 0.717) is 11.3 Å². The number of nitrogens with zero attached hydrogens (tertiary/aromatic N) is 1. The molecule has 4 rings (SSSR count). The van der Waals surface area contributed by atoms with Crippen LogP contribution in [0.5, 0.6) is 5.75 Å². The number of carbonyl (C=O) groups is 1. The average molecular weight is 501 g/mol. The van der Waals surface area contributed by atoms with Crippen molar-refractivity contribution in [1.82, 2.24) is 0 Å². The second-order valence-electron chi connectivity index (χ2n) is 8.73. The summed E-state index contributed by atoms with van der Waals surface area (Å²) in [5.41, 5.74) is 0.858. The number of aryl methyl sites for hydroxylation is 3. The van der Waals surface area contributed by atoms with E-state index < -0.39 is 16.5 Å². The molecule has 0 aliphatic heterocycles. The van der Waals surface area contributed by atoms with Crippen molar-refractivity contribution in [3.63, 3.8) is 0 Å². The molecule has 0 radical (unpaired) electrons. The summed E-state index contributed by atoms with van der Waals surface area (Å²) < 4.78 is 12.7. The molecule has 0 spiro atoms. The van der Waals surface area contributed by atoms with E-state index in [1.807, 2.05) is 13.8 Å². The highest BCUT2D eigenvalue weighted by molar-refractivity contribution is 7.45. The Morgan fingerprint density at radius 2 is 1.69 bits per heavy atom. The molecule has 0 N–H and O–H groups in total. The van der Waals surface area contributed by atoms with Gasteiger partial charge in [-0.25, -0.2) is 4.79 Å². The van der Waals surface area contributed by atoms with Gasteiger partial charge in [0.15, 0.2) is 26.7 Å². The van der Waals surface area contributed by atoms with E-state index in [9.17, 15) is 14.9 Å². The van der Waals surface area contributed by atoms with Gasteiger partial charge in [0, 0.05) is 58.7 Å². The number of nitro groups is 1. The van der Waals surface area contributed by atoms with Crippen LogP contribution in [-0.2, 0) is 15.1 Å². The van der Waals surface area contributed by atoms with E-state index in [0.717, 1.165) is 11.1 Å². The minimum Gasteiger partial charge on any atom is -0.481 e. The van der Waals surface area contributed by atoms with Gasteiger partial charge < -0.3 is 9.47 Å². The molecule has 0 aliphatic rings. The molecule has 0 saturated carbocycles. The number of ether oxygens (including phenoxy) is 2. The minimum absolute atomic E-state index is 0.0745. The molecule has 4 aromatic rings. The molecule has 2 atom stereocenters. The number of hydrogen-bond acceptors (Lipinski definition) is 5. The van der Waals surface area contributed by atoms with E-state index in [1.165, 1.54) is 44.1 Å². The third-order valence-corrected chi connectivity index (χ3v) is 8.33. The summed E-state index contributed by atoms with van der Waals surface area (Å²) in [5.74, 6) is 2.47. The molecule has 7 heteroatoms. The van der Waals surface area contributed by atoms with Gasteiger partial charge in [0.2, 0.25) is 0 Å². The Kier molecular flexibility index (Phi) is 6.82. The van der Waals surface area contributed by atoms with Crippen LogP contribution in [0.4, 0.5) is 5.69 Å². The number of benzene rings is 3. The summed E-state index contributed by atoms with van der Waals surface area (Å²) in [5, 5.41) is 12.2. The topological polar surface area (TPSA) is 78.7 Å². The van der Waals surface area contributed by atoms with Crippen molar-refractivity contribution in [2.75, 3.05) is 6.61 Å². The van der Waals surface area contributed by atoms with Crippen molar-refractivity contribution in [3.8, 4) is 23.0 Å². The van der Waals surface area contributed by atoms with Crippen LogP contribution in [-0.4, -0.2) is 17.5 Å². The number of thiophene rings is 1. The summed E-state index contributed by atoms with van der Waals surface area (Å²) in [6.07, 6.45) is 5.66. The lowest BCUT2D eigenvalue weighted by atomic mass is 9.96. The third kappa shape index (κ3) is 4.81. The average Bonchev–Trinajstić information content (AvgIpc) is 3.19. The van der Waals surface area contributed by atoms with E-state index in [2.05, 4.69) is 55.3 Å². The van der Waals surface area contributed by atoms with Crippen LogP contribution in [0.25, 0.3) is 15.0 Å². The molecule has 2 unspecified atom stereocenters. The Balaban J connectivity index is 1.51. The van der Waals surface area contributed by atoms with Gasteiger partial charge in [-0.2, -0.15) is 0 Å². The van der Waals surface area contributed by atoms with Crippen molar-refractivity contribution < 1.29 is 19.2 Å². The van der Waals surface area contributed by atoms with E-state index in [4.69, 9.17) is 15.9 Å². The summed E-state index contributed by atoms with van der Waals surface area (Å²) in [6.45, 7) is 7.32. The van der Waals surface area contributed by atoms with Crippen LogP contribution in [0.2, 0.25) is 0 Å². The van der Waals surface area contributed by atoms with Crippen molar-refractivity contribution in [2.45, 2.75) is 33.3 Å². The standard InChI is InChI=1S/C29H26NO5S/c1-6-29(5,23-11-13-24(14-12-23)30(32)33)35-27(31)18-34-28-19(2)15-25(16-20(28)3)36-21(4)17-22-9-7-8-10-26(22)36/h1,7-17H,18H2,2-5H3/q+1. The molecule has 0 amide bonds. The highest BCUT2D eigenvalue weighted by Gasteiger charge is 2.30. The molecule has 6 nitrogen and oxygen atoms in total. The van der Waals surface area contributed by atoms with Crippen molar-refractivity contribution >= 4 is 32.2 Å². The summed E-state index contributed by atoms with van der Waals surface area (Å²) in [4.78, 5) is 25.6. The molecule has 3 aromatic carbocycles. The Bertz CT molecular complexity index is 1490. The lowest BCUT2D eigenvalue weighted by Crippen LogP contribution is -2.30. The smallest absolute Gasteiger partial charge is 0.345 e. The molecule has 0 fully saturated rings. The van der Waals surface area contributed by atoms with Crippen molar-refractivity contribution in [3.05, 3.63) is 98.4 Å². The number of rotatable bonds is 7. The third-order valence-electron chi connectivity index (χ3n) is 6.05. The first kappa shape index (κ1) is 25.0. The largest absolute Gasteiger partial charge is 0.481 e. The van der Waals surface area contributed by atoms with Gasteiger partial charge in [-0.15, -0.1) is 6.42 Å². The van der Waals surface area contributed by atoms with Gasteiger partial charge in [-0.05, 0) is 56.2 Å². The van der Waals surface area contributed by atoms with Gasteiger partial charge in [-0.1, -0.05) is 18.1 Å². The van der Waals surface area contributed by atoms with Gasteiger partial charge in [0.25, 0.3) is 5.69 Å². The van der Waals surface area contributed by atoms with E-state index in [1.54, 1.807) is 6.92 Å². The predicted molar refractivity (Wildman–Crippen MR) is 143 cm³/mol. The van der Waals surface area contributed by atoms with Gasteiger partial charge in [0.1, 0.15) is 5.75 Å². The Labute approximate surface area is 212 Å². The fourth-order valence-electron chi connectivity index (χ4n) is 4.27. The number of terminal acetylenes is 1. The maximum absolute atomic E-state index is 12.7. The zero-order valence-corrected chi connectivity index (χ0v) is 21.3. The van der Waals surface area contributed by atoms with Gasteiger partial charge >= 0.3 is 5.97 Å². The zero-order chi connectivity index (χ0) is 26.0. The second-order valence-corrected chi connectivity index (χ2v) is 10.9. The maximum Gasteiger partial charge on any atom is 0.345 e. The first-order valence-corrected chi connectivity index (χ1v) is 12.6. The molecule has 36 heavy (non-hydrogen) atoms. The monoisotopic (exact) mass is 500 g/mol. The maximum atomic E-state index is 12.7. The molecule has 0 saturated heterocycles. The first-order chi connectivity index (χ1) is 17.1. The number of nitro benzene ring substituents is 1. The zero-order valence-electron chi connectivity index (χ0n) is 20.5. The number of carbonyl (C=O) groups excluding carboxylic acids is 1. The van der Waals surface area contributed by atoms with Crippen LogP contribution in [0, 0.1) is 43.2 Å². The minimum atomic E-state index is -1.38. The highest BCUT2D eigenvalue weighted by atomic mass is 32.2. The second kappa shape index (κ2) is 9.84. The molecule has 0 aliphatic carbocycles. The molecular weight excluding hydrogens is 474 g/mol. The number of fused-ring (bicyclic) bond motifs is 1. The number of esters is 1. The molecule has 0 bridgehead atoms. The highest BCUT2D eigenvalue weighted by Crippen LogP contribution is 2.45. The van der Waals surface area contributed by atoms with Crippen molar-refractivity contribution in [2.24, 2.45) is 0 Å². The fraction of sp³-hybridized carbons (Fsp3) is 0.207. The van der Waals surface area contributed by atoms with Crippen LogP contribution in [0.15, 0.2) is 66.7 Å². The van der Waals surface area contributed by atoms with Crippen LogP contribution in [0.1, 0.15) is 28.5 Å². The summed E-state index contributed by atoms with van der Waals surface area (Å²) in [7, 11) is -0.143. The van der Waals surface area contributed by atoms with E-state index >= 15 is 0 Å². The Morgan fingerprint density at radius 3 is 2.31 bits per heavy atom. The first-order valence-electron chi connectivity index (χ1n) is 11.3. The number of hydrogen-bond donors (Lipinski definition) is 0. The normalized spacial score (nSPS) is 13.0. The number of non-ortho nitro benzene ring substituents is 1. The molecular formula is C29H26NO5S+. The predicted octanol–water partition coefficient (Wildman–Crippen LogP) is 6.88. The van der Waals surface area contributed by atoms with Gasteiger partial charge in [0.05, 0.1) is 4.92 Å². The fourth-order valence-corrected chi connectivity index (χ4v) is 6.65. The lowest BCUT2D eigenvalue weighted by molar-refractivity contribution is -0.384. The molecule has 1 heterocycles. The lowest BCUT2D eigenvalue weighted by Gasteiger charge is -2.24. The Morgan fingerprint density at radius 1 is 1.06 bits per heavy atom. The van der Waals surface area contributed by atoms with E-state index in [-0.39, 0.29) is 22.8 Å². The van der Waals surface area contributed by atoms with Gasteiger partial charge in [-0.3, -0.25) is 10.1 Å². The van der Waals surface area contributed by atoms with Crippen LogP contribution in [0.3, 0.4) is 0 Å².